The van der Waals surface area contributed by atoms with E-state index in [0.29, 0.717) is 0 Å². The number of fused-ring (bicyclic) bond motifs is 1. The number of rotatable bonds is 3. The summed E-state index contributed by atoms with van der Waals surface area (Å²) in [7, 11) is 0. The topological polar surface area (TPSA) is 42.2 Å². The zero-order valence-corrected chi connectivity index (χ0v) is 14.9. The van der Waals surface area contributed by atoms with Gasteiger partial charge in [0.25, 0.3) is 0 Å². The van der Waals surface area contributed by atoms with E-state index in [4.69, 9.17) is 5.10 Å². The lowest BCUT2D eigenvalue weighted by molar-refractivity contribution is 0.628. The fourth-order valence-corrected chi connectivity index (χ4v) is 3.08. The molecule has 4 nitrogen and oxygen atoms in total. The number of hydrogen-bond acceptors (Lipinski definition) is 3. The first kappa shape index (κ1) is 16.3. The van der Waals surface area contributed by atoms with Crippen LogP contribution in [0.1, 0.15) is 16.8 Å². The molecule has 0 saturated carbocycles. The summed E-state index contributed by atoms with van der Waals surface area (Å²) in [5.41, 5.74) is 6.69. The standard InChI is InChI=1S/C21H19FN4/c1-13-5-4-6-16(11-13)20-15(3)21-23-14(2)12-19(26(21)25-20)24-18-9-7-17(22)8-10-18/h4-12,24H,1-3H3. The van der Waals surface area contributed by atoms with Gasteiger partial charge in [0.2, 0.25) is 0 Å². The Morgan fingerprint density at radius 2 is 1.73 bits per heavy atom. The summed E-state index contributed by atoms with van der Waals surface area (Å²) in [5, 5.41) is 8.11. The van der Waals surface area contributed by atoms with Gasteiger partial charge in [0.05, 0.1) is 5.69 Å². The zero-order chi connectivity index (χ0) is 18.3. The number of halogens is 1. The molecule has 0 atom stereocenters. The smallest absolute Gasteiger partial charge is 0.161 e. The molecule has 0 unspecified atom stereocenters. The highest BCUT2D eigenvalue weighted by Crippen LogP contribution is 2.28. The summed E-state index contributed by atoms with van der Waals surface area (Å²) in [5.74, 6) is 0.532. The molecule has 0 saturated heterocycles. The molecule has 0 aliphatic rings. The van der Waals surface area contributed by atoms with E-state index in [1.165, 1.54) is 17.7 Å². The molecular formula is C21H19FN4. The van der Waals surface area contributed by atoms with E-state index < -0.39 is 0 Å². The minimum absolute atomic E-state index is 0.261. The number of nitrogens with one attached hydrogen (secondary N) is 1. The maximum absolute atomic E-state index is 13.2. The van der Waals surface area contributed by atoms with E-state index in [2.05, 4.69) is 35.4 Å². The maximum atomic E-state index is 13.2. The van der Waals surface area contributed by atoms with Crippen molar-refractivity contribution in [3.05, 3.63) is 77.2 Å². The van der Waals surface area contributed by atoms with Gasteiger partial charge in [-0.1, -0.05) is 23.8 Å². The molecule has 0 fully saturated rings. The third kappa shape index (κ3) is 2.92. The van der Waals surface area contributed by atoms with E-state index in [1.54, 1.807) is 12.1 Å². The fourth-order valence-electron chi connectivity index (χ4n) is 3.08. The second-order valence-electron chi connectivity index (χ2n) is 6.49. The Balaban J connectivity index is 1.86. The van der Waals surface area contributed by atoms with Gasteiger partial charge in [-0.15, -0.1) is 0 Å². The van der Waals surface area contributed by atoms with E-state index in [1.807, 2.05) is 30.5 Å². The van der Waals surface area contributed by atoms with Gasteiger partial charge in [-0.2, -0.15) is 9.61 Å². The molecule has 2 aromatic carbocycles. The Morgan fingerprint density at radius 3 is 2.46 bits per heavy atom. The quantitative estimate of drug-likeness (QED) is 0.554. The highest BCUT2D eigenvalue weighted by atomic mass is 19.1. The van der Waals surface area contributed by atoms with Gasteiger partial charge >= 0.3 is 0 Å². The lowest BCUT2D eigenvalue weighted by atomic mass is 10.1. The van der Waals surface area contributed by atoms with Gasteiger partial charge in [-0.3, -0.25) is 0 Å². The molecule has 5 heteroatoms. The van der Waals surface area contributed by atoms with Gasteiger partial charge in [-0.05, 0) is 51.1 Å². The van der Waals surface area contributed by atoms with E-state index in [0.717, 1.165) is 39.7 Å². The van der Waals surface area contributed by atoms with Crippen molar-refractivity contribution in [2.24, 2.45) is 0 Å². The van der Waals surface area contributed by atoms with Crippen molar-refractivity contribution in [2.45, 2.75) is 20.8 Å². The fraction of sp³-hybridized carbons (Fsp3) is 0.143. The van der Waals surface area contributed by atoms with Crippen LogP contribution in [-0.4, -0.2) is 14.6 Å². The third-order valence-corrected chi connectivity index (χ3v) is 4.36. The second kappa shape index (κ2) is 6.26. The molecule has 4 aromatic rings. The molecule has 0 bridgehead atoms. The Hall–Kier alpha value is -3.21. The molecule has 1 N–H and O–H groups in total. The number of nitrogens with zero attached hydrogens (tertiary/aromatic N) is 3. The molecule has 0 spiro atoms. The number of aryl methyl sites for hydroxylation is 3. The maximum Gasteiger partial charge on any atom is 0.161 e. The normalized spacial score (nSPS) is 11.1. The van der Waals surface area contributed by atoms with Gasteiger partial charge in [0, 0.05) is 28.6 Å². The zero-order valence-electron chi connectivity index (χ0n) is 14.9. The first-order chi connectivity index (χ1) is 12.5. The van der Waals surface area contributed by atoms with Crippen LogP contribution in [-0.2, 0) is 0 Å². The molecule has 0 aliphatic heterocycles. The van der Waals surface area contributed by atoms with Crippen LogP contribution in [0.2, 0.25) is 0 Å². The number of anilines is 2. The minimum atomic E-state index is -0.261. The van der Waals surface area contributed by atoms with Crippen molar-refractivity contribution >= 4 is 17.2 Å². The highest BCUT2D eigenvalue weighted by molar-refractivity contribution is 5.73. The molecule has 0 amide bonds. The molecule has 0 aliphatic carbocycles. The molecule has 26 heavy (non-hydrogen) atoms. The van der Waals surface area contributed by atoms with Gasteiger partial charge in [0.1, 0.15) is 11.6 Å². The monoisotopic (exact) mass is 346 g/mol. The molecule has 4 rings (SSSR count). The molecule has 2 heterocycles. The summed E-state index contributed by atoms with van der Waals surface area (Å²) in [6.07, 6.45) is 0. The lowest BCUT2D eigenvalue weighted by Crippen LogP contribution is -2.02. The highest BCUT2D eigenvalue weighted by Gasteiger charge is 2.15. The molecule has 130 valence electrons. The summed E-state index contributed by atoms with van der Waals surface area (Å²) in [4.78, 5) is 4.66. The second-order valence-corrected chi connectivity index (χ2v) is 6.49. The Morgan fingerprint density at radius 1 is 0.962 bits per heavy atom. The van der Waals surface area contributed by atoms with Crippen molar-refractivity contribution in [1.82, 2.24) is 14.6 Å². The van der Waals surface area contributed by atoms with Crippen LogP contribution < -0.4 is 5.32 Å². The van der Waals surface area contributed by atoms with Crippen LogP contribution in [0.15, 0.2) is 54.6 Å². The molecule has 2 aromatic heterocycles. The average Bonchev–Trinajstić information content (AvgIpc) is 2.94. The minimum Gasteiger partial charge on any atom is -0.340 e. The first-order valence-electron chi connectivity index (χ1n) is 8.48. The van der Waals surface area contributed by atoms with E-state index in [9.17, 15) is 4.39 Å². The van der Waals surface area contributed by atoms with Crippen LogP contribution in [0, 0.1) is 26.6 Å². The summed E-state index contributed by atoms with van der Waals surface area (Å²) in [6.45, 7) is 6.06. The number of benzene rings is 2. The molecule has 0 radical (unpaired) electrons. The van der Waals surface area contributed by atoms with Crippen molar-refractivity contribution in [3.8, 4) is 11.3 Å². The third-order valence-electron chi connectivity index (χ3n) is 4.36. The number of aromatic nitrogens is 3. The van der Waals surface area contributed by atoms with Gasteiger partial charge < -0.3 is 5.32 Å². The van der Waals surface area contributed by atoms with Crippen molar-refractivity contribution < 1.29 is 4.39 Å². The first-order valence-corrected chi connectivity index (χ1v) is 8.48. The Kier molecular flexibility index (Phi) is 3.92. The summed E-state index contributed by atoms with van der Waals surface area (Å²) in [6, 6.07) is 16.5. The Labute approximate surface area is 151 Å². The van der Waals surface area contributed by atoms with Crippen molar-refractivity contribution in [1.29, 1.82) is 0 Å². The SMILES string of the molecule is Cc1cccc(-c2nn3c(Nc4ccc(F)cc4)cc(C)nc3c2C)c1. The van der Waals surface area contributed by atoms with Crippen LogP contribution in [0.3, 0.4) is 0 Å². The van der Waals surface area contributed by atoms with E-state index in [-0.39, 0.29) is 5.82 Å². The predicted octanol–water partition coefficient (Wildman–Crippen LogP) is 5.20. The summed E-state index contributed by atoms with van der Waals surface area (Å²) < 4.78 is 15.0. The van der Waals surface area contributed by atoms with Gasteiger partial charge in [0.15, 0.2) is 5.65 Å². The molecular weight excluding hydrogens is 327 g/mol. The van der Waals surface area contributed by atoms with Crippen molar-refractivity contribution in [3.63, 3.8) is 0 Å². The largest absolute Gasteiger partial charge is 0.340 e. The number of hydrogen-bond donors (Lipinski definition) is 1. The van der Waals surface area contributed by atoms with Crippen LogP contribution >= 0.6 is 0 Å². The lowest BCUT2D eigenvalue weighted by Gasteiger charge is -2.09. The predicted molar refractivity (Wildman–Crippen MR) is 102 cm³/mol. The average molecular weight is 346 g/mol. The van der Waals surface area contributed by atoms with Gasteiger partial charge in [-0.25, -0.2) is 9.37 Å². The van der Waals surface area contributed by atoms with Crippen LogP contribution in [0.4, 0.5) is 15.9 Å². The van der Waals surface area contributed by atoms with Crippen LogP contribution in [0.25, 0.3) is 16.9 Å². The Bertz CT molecular complexity index is 1100. The van der Waals surface area contributed by atoms with Crippen LogP contribution in [0.5, 0.6) is 0 Å². The summed E-state index contributed by atoms with van der Waals surface area (Å²) >= 11 is 0. The van der Waals surface area contributed by atoms with Crippen molar-refractivity contribution in [2.75, 3.05) is 5.32 Å². The van der Waals surface area contributed by atoms with E-state index >= 15 is 0 Å².